The molecule has 2 amide bonds. The van der Waals surface area contributed by atoms with Crippen molar-refractivity contribution in [1.82, 2.24) is 19.7 Å². The molecule has 0 N–H and O–H groups in total. The summed E-state index contributed by atoms with van der Waals surface area (Å²) in [6, 6.07) is 36.7. The number of pyridine rings is 1. The Morgan fingerprint density at radius 3 is 1.92 bits per heavy atom. The average molecular weight is 691 g/mol. The largest absolute Gasteiger partial charge is 0.416 e. The SMILES string of the molecule is CN(CCN(C)C(=O)C(Cc1ccccc1)N(Cc1ccc(-c2ccccn2)cc1)C(=O)C=Cc1ccc(C(F)(F)F)cc1)Cc1ccccc1. The minimum absolute atomic E-state index is 0.129. The molecular weight excluding hydrogens is 649 g/mol. The lowest BCUT2D eigenvalue weighted by Crippen LogP contribution is -2.51. The lowest BCUT2D eigenvalue weighted by Gasteiger charge is -2.34. The van der Waals surface area contributed by atoms with Crippen LogP contribution >= 0.6 is 0 Å². The molecule has 5 aromatic rings. The van der Waals surface area contributed by atoms with E-state index in [1.165, 1.54) is 29.8 Å². The summed E-state index contributed by atoms with van der Waals surface area (Å²) in [4.78, 5) is 38.3. The monoisotopic (exact) mass is 690 g/mol. The van der Waals surface area contributed by atoms with Crippen LogP contribution in [0.1, 0.15) is 27.8 Å². The van der Waals surface area contributed by atoms with Crippen LogP contribution in [0, 0.1) is 0 Å². The van der Waals surface area contributed by atoms with Crippen LogP contribution in [0.25, 0.3) is 17.3 Å². The van der Waals surface area contributed by atoms with Gasteiger partial charge >= 0.3 is 6.18 Å². The minimum atomic E-state index is -4.46. The highest BCUT2D eigenvalue weighted by atomic mass is 19.4. The van der Waals surface area contributed by atoms with Crippen LogP contribution in [-0.2, 0) is 35.3 Å². The van der Waals surface area contributed by atoms with Gasteiger partial charge in [-0.1, -0.05) is 103 Å². The molecule has 0 radical (unpaired) electrons. The molecule has 0 saturated carbocycles. The third kappa shape index (κ3) is 10.7. The van der Waals surface area contributed by atoms with Crippen molar-refractivity contribution in [2.45, 2.75) is 31.7 Å². The van der Waals surface area contributed by atoms with Crippen LogP contribution in [0.5, 0.6) is 0 Å². The van der Waals surface area contributed by atoms with Crippen molar-refractivity contribution in [2.24, 2.45) is 0 Å². The maximum absolute atomic E-state index is 14.4. The van der Waals surface area contributed by atoms with Gasteiger partial charge in [0.1, 0.15) is 6.04 Å². The number of aromatic nitrogens is 1. The maximum Gasteiger partial charge on any atom is 0.416 e. The molecule has 1 atom stereocenters. The number of rotatable bonds is 14. The number of hydrogen-bond donors (Lipinski definition) is 0. The number of nitrogens with zero attached hydrogens (tertiary/aromatic N) is 4. The Balaban J connectivity index is 1.42. The molecule has 1 heterocycles. The fourth-order valence-corrected chi connectivity index (χ4v) is 5.73. The molecule has 4 aromatic carbocycles. The van der Waals surface area contributed by atoms with Crippen molar-refractivity contribution >= 4 is 17.9 Å². The van der Waals surface area contributed by atoms with Crippen molar-refractivity contribution in [1.29, 1.82) is 0 Å². The van der Waals surface area contributed by atoms with E-state index in [0.29, 0.717) is 18.7 Å². The summed E-state index contributed by atoms with van der Waals surface area (Å²) >= 11 is 0. The Labute approximate surface area is 297 Å². The molecule has 51 heavy (non-hydrogen) atoms. The Kier molecular flexibility index (Phi) is 12.5. The van der Waals surface area contributed by atoms with E-state index in [1.54, 1.807) is 23.0 Å². The van der Waals surface area contributed by atoms with E-state index in [1.807, 2.05) is 98.0 Å². The lowest BCUT2D eigenvalue weighted by molar-refractivity contribution is -0.143. The van der Waals surface area contributed by atoms with Crippen LogP contribution < -0.4 is 0 Å². The third-order valence-corrected chi connectivity index (χ3v) is 8.63. The summed E-state index contributed by atoms with van der Waals surface area (Å²) in [5.41, 5.74) is 4.25. The highest BCUT2D eigenvalue weighted by Gasteiger charge is 2.32. The first kappa shape index (κ1) is 36.7. The van der Waals surface area contributed by atoms with E-state index in [0.717, 1.165) is 41.1 Å². The number of carbonyl (C=O) groups excluding carboxylic acids is 2. The summed E-state index contributed by atoms with van der Waals surface area (Å²) in [6.07, 6.45) is 0.336. The molecule has 1 aromatic heterocycles. The number of hydrogen-bond acceptors (Lipinski definition) is 4. The molecule has 0 spiro atoms. The van der Waals surface area contributed by atoms with Gasteiger partial charge < -0.3 is 14.7 Å². The Hall–Kier alpha value is -5.54. The predicted molar refractivity (Wildman–Crippen MR) is 195 cm³/mol. The first-order valence-corrected chi connectivity index (χ1v) is 16.7. The summed E-state index contributed by atoms with van der Waals surface area (Å²) in [6.45, 7) is 1.91. The highest BCUT2D eigenvalue weighted by Crippen LogP contribution is 2.29. The quantitative estimate of drug-likeness (QED) is 0.111. The van der Waals surface area contributed by atoms with E-state index in [2.05, 4.69) is 22.0 Å². The van der Waals surface area contributed by atoms with Gasteiger partial charge in [0.2, 0.25) is 11.8 Å². The van der Waals surface area contributed by atoms with Gasteiger partial charge in [-0.15, -0.1) is 0 Å². The van der Waals surface area contributed by atoms with Crippen LogP contribution in [0.4, 0.5) is 13.2 Å². The van der Waals surface area contributed by atoms with Gasteiger partial charge in [-0.25, -0.2) is 0 Å². The van der Waals surface area contributed by atoms with Crippen molar-refractivity contribution in [3.05, 3.63) is 167 Å². The van der Waals surface area contributed by atoms with Gasteiger partial charge in [0.25, 0.3) is 0 Å². The smallest absolute Gasteiger partial charge is 0.343 e. The second-order valence-corrected chi connectivity index (χ2v) is 12.5. The number of likely N-dealkylation sites (N-methyl/N-ethyl adjacent to an activating group) is 2. The van der Waals surface area contributed by atoms with Gasteiger partial charge in [-0.2, -0.15) is 13.2 Å². The number of carbonyl (C=O) groups is 2. The Morgan fingerprint density at radius 2 is 1.31 bits per heavy atom. The zero-order valence-electron chi connectivity index (χ0n) is 28.7. The summed E-state index contributed by atoms with van der Waals surface area (Å²) in [5, 5.41) is 0. The van der Waals surface area contributed by atoms with Crippen LogP contribution in [0.2, 0.25) is 0 Å². The molecule has 9 heteroatoms. The Morgan fingerprint density at radius 1 is 0.706 bits per heavy atom. The van der Waals surface area contributed by atoms with Crippen LogP contribution in [0.15, 0.2) is 140 Å². The second-order valence-electron chi connectivity index (χ2n) is 12.5. The Bertz CT molecular complexity index is 1870. The first-order valence-electron chi connectivity index (χ1n) is 16.7. The molecule has 0 aliphatic rings. The van der Waals surface area contributed by atoms with Gasteiger partial charge in [0.05, 0.1) is 11.3 Å². The topological polar surface area (TPSA) is 56.8 Å². The highest BCUT2D eigenvalue weighted by molar-refractivity contribution is 5.95. The molecule has 0 saturated heterocycles. The molecule has 0 aliphatic carbocycles. The van der Waals surface area contributed by atoms with E-state index in [9.17, 15) is 22.8 Å². The molecular formula is C42H41F3N4O2. The fraction of sp³-hybridized carbons (Fsp3) is 0.214. The predicted octanol–water partition coefficient (Wildman–Crippen LogP) is 8.01. The molecule has 1 unspecified atom stereocenters. The third-order valence-electron chi connectivity index (χ3n) is 8.63. The summed E-state index contributed by atoms with van der Waals surface area (Å²) in [7, 11) is 3.75. The fourth-order valence-electron chi connectivity index (χ4n) is 5.73. The molecule has 0 aliphatic heterocycles. The molecule has 0 bridgehead atoms. The summed E-state index contributed by atoms with van der Waals surface area (Å²) in [5.74, 6) is -0.652. The summed E-state index contributed by atoms with van der Waals surface area (Å²) < 4.78 is 39.5. The van der Waals surface area contributed by atoms with Crippen molar-refractivity contribution < 1.29 is 22.8 Å². The van der Waals surface area contributed by atoms with Crippen LogP contribution in [-0.4, -0.2) is 64.7 Å². The number of amides is 2. The van der Waals surface area contributed by atoms with E-state index in [-0.39, 0.29) is 18.9 Å². The van der Waals surface area contributed by atoms with Gasteiger partial charge in [-0.05, 0) is 59.6 Å². The zero-order valence-corrected chi connectivity index (χ0v) is 28.7. The standard InChI is InChI=1S/C42H41F3N4O2/c1-47(30-34-13-7-4-8-14-34)27-28-48(2)41(51)39(29-33-11-5-3-6-12-33)49(31-35-16-21-36(22-17-35)38-15-9-10-26-46-38)40(50)25-20-32-18-23-37(24-19-32)42(43,44)45/h3-26,39H,27-31H2,1-2H3. The number of alkyl halides is 3. The van der Waals surface area contributed by atoms with Crippen molar-refractivity contribution in [3.63, 3.8) is 0 Å². The number of benzene rings is 4. The molecule has 262 valence electrons. The van der Waals surface area contributed by atoms with E-state index < -0.39 is 23.7 Å². The zero-order chi connectivity index (χ0) is 36.2. The normalized spacial score (nSPS) is 12.2. The van der Waals surface area contributed by atoms with Gasteiger partial charge in [0, 0.05) is 57.5 Å². The maximum atomic E-state index is 14.4. The van der Waals surface area contributed by atoms with E-state index in [4.69, 9.17) is 0 Å². The molecule has 0 fully saturated rings. The van der Waals surface area contributed by atoms with E-state index >= 15 is 0 Å². The van der Waals surface area contributed by atoms with Gasteiger partial charge in [0.15, 0.2) is 0 Å². The van der Waals surface area contributed by atoms with Crippen molar-refractivity contribution in [3.8, 4) is 11.3 Å². The van der Waals surface area contributed by atoms with Crippen molar-refractivity contribution in [2.75, 3.05) is 27.2 Å². The van der Waals surface area contributed by atoms with Gasteiger partial charge in [-0.3, -0.25) is 14.6 Å². The minimum Gasteiger partial charge on any atom is -0.343 e. The molecule has 6 nitrogen and oxygen atoms in total. The average Bonchev–Trinajstić information content (AvgIpc) is 3.15. The lowest BCUT2D eigenvalue weighted by atomic mass is 10.0. The van der Waals surface area contributed by atoms with Crippen LogP contribution in [0.3, 0.4) is 0 Å². The first-order chi connectivity index (χ1) is 24.6. The number of halogens is 3. The molecule has 5 rings (SSSR count). The second kappa shape index (κ2) is 17.4.